The monoisotopic (exact) mass is 496 g/mol. The van der Waals surface area contributed by atoms with E-state index in [1.165, 1.54) is 45.5 Å². The van der Waals surface area contributed by atoms with E-state index >= 15 is 0 Å². The molecule has 0 aromatic heterocycles. The van der Waals surface area contributed by atoms with Crippen molar-refractivity contribution in [3.63, 3.8) is 0 Å². The average molecular weight is 497 g/mol. The van der Waals surface area contributed by atoms with Gasteiger partial charge in [0, 0.05) is 12.6 Å². The molecule has 0 heterocycles. The van der Waals surface area contributed by atoms with Crippen LogP contribution in [0.1, 0.15) is 33.9 Å². The maximum Gasteiger partial charge on any atom is 0.307 e. The van der Waals surface area contributed by atoms with Gasteiger partial charge in [-0.2, -0.15) is 0 Å². The molecule has 0 aliphatic rings. The van der Waals surface area contributed by atoms with Crippen molar-refractivity contribution >= 4 is 27.6 Å². The molecular formula is C26H28N2O6S. The molecule has 0 spiro atoms. The number of aryl methyl sites for hydroxylation is 1. The summed E-state index contributed by atoms with van der Waals surface area (Å²) in [5, 5.41) is 2.84. The van der Waals surface area contributed by atoms with Gasteiger partial charge >= 0.3 is 5.97 Å². The maximum absolute atomic E-state index is 13.1. The third-order valence-electron chi connectivity index (χ3n) is 5.58. The smallest absolute Gasteiger partial charge is 0.307 e. The van der Waals surface area contributed by atoms with Gasteiger partial charge in [0.25, 0.3) is 15.9 Å². The van der Waals surface area contributed by atoms with Gasteiger partial charge in [0.05, 0.1) is 37.3 Å². The lowest BCUT2D eigenvalue weighted by Gasteiger charge is -2.22. The van der Waals surface area contributed by atoms with Gasteiger partial charge in [-0.1, -0.05) is 42.0 Å². The Kier molecular flexibility index (Phi) is 8.14. The molecule has 1 N–H and O–H groups in total. The van der Waals surface area contributed by atoms with Crippen molar-refractivity contribution in [2.45, 2.75) is 24.3 Å². The van der Waals surface area contributed by atoms with E-state index in [-0.39, 0.29) is 16.9 Å². The number of rotatable bonds is 9. The number of methoxy groups -OCH3 is 2. The van der Waals surface area contributed by atoms with E-state index < -0.39 is 27.9 Å². The lowest BCUT2D eigenvalue weighted by atomic mass is 10.0. The summed E-state index contributed by atoms with van der Waals surface area (Å²) < 4.78 is 37.5. The van der Waals surface area contributed by atoms with Crippen LogP contribution in [-0.2, 0) is 19.6 Å². The van der Waals surface area contributed by atoms with Gasteiger partial charge in [-0.3, -0.25) is 13.9 Å². The Morgan fingerprint density at radius 1 is 0.943 bits per heavy atom. The predicted molar refractivity (Wildman–Crippen MR) is 133 cm³/mol. The molecule has 184 valence electrons. The first-order valence-corrected chi connectivity index (χ1v) is 12.3. The highest BCUT2D eigenvalue weighted by Crippen LogP contribution is 2.31. The SMILES string of the molecule is COC(=O)CC(NC(=O)c1ccc(S(=O)(=O)N(C)c2ccccc2OC)cc1)c1ccc(C)cc1. The molecule has 0 aliphatic heterocycles. The maximum atomic E-state index is 13.1. The van der Waals surface area contributed by atoms with Crippen LogP contribution in [0.5, 0.6) is 5.75 Å². The first kappa shape index (κ1) is 25.8. The molecule has 9 heteroatoms. The third-order valence-corrected chi connectivity index (χ3v) is 7.37. The number of hydrogen-bond acceptors (Lipinski definition) is 6. The van der Waals surface area contributed by atoms with Crippen LogP contribution in [0, 0.1) is 6.92 Å². The van der Waals surface area contributed by atoms with Crippen LogP contribution in [0.4, 0.5) is 5.69 Å². The van der Waals surface area contributed by atoms with Crippen molar-refractivity contribution in [2.75, 3.05) is 25.6 Å². The molecule has 3 aromatic carbocycles. The van der Waals surface area contributed by atoms with E-state index in [0.717, 1.165) is 15.4 Å². The van der Waals surface area contributed by atoms with E-state index in [1.54, 1.807) is 24.3 Å². The molecule has 0 fully saturated rings. The number of amides is 1. The topological polar surface area (TPSA) is 102 Å². The molecule has 1 amide bonds. The van der Waals surface area contributed by atoms with Gasteiger partial charge in [0.15, 0.2) is 0 Å². The Balaban J connectivity index is 1.81. The fourth-order valence-electron chi connectivity index (χ4n) is 3.50. The van der Waals surface area contributed by atoms with E-state index in [4.69, 9.17) is 9.47 Å². The van der Waals surface area contributed by atoms with Gasteiger partial charge in [0.2, 0.25) is 0 Å². The summed E-state index contributed by atoms with van der Waals surface area (Å²) in [6.07, 6.45) is -0.0402. The molecule has 35 heavy (non-hydrogen) atoms. The number of nitrogens with zero attached hydrogens (tertiary/aromatic N) is 1. The lowest BCUT2D eigenvalue weighted by molar-refractivity contribution is -0.141. The molecular weight excluding hydrogens is 468 g/mol. The molecule has 1 atom stereocenters. The highest BCUT2D eigenvalue weighted by molar-refractivity contribution is 7.92. The summed E-state index contributed by atoms with van der Waals surface area (Å²) in [5.41, 5.74) is 2.45. The Hall–Kier alpha value is -3.85. The summed E-state index contributed by atoms with van der Waals surface area (Å²) >= 11 is 0. The first-order valence-electron chi connectivity index (χ1n) is 10.8. The Morgan fingerprint density at radius 3 is 2.17 bits per heavy atom. The van der Waals surface area contributed by atoms with Crippen molar-refractivity contribution in [2.24, 2.45) is 0 Å². The van der Waals surface area contributed by atoms with Crippen LogP contribution in [-0.4, -0.2) is 41.6 Å². The first-order chi connectivity index (χ1) is 16.7. The highest BCUT2D eigenvalue weighted by Gasteiger charge is 2.25. The molecule has 3 rings (SSSR count). The molecule has 0 saturated heterocycles. The van der Waals surface area contributed by atoms with Crippen LogP contribution in [0.2, 0.25) is 0 Å². The molecule has 8 nitrogen and oxygen atoms in total. The largest absolute Gasteiger partial charge is 0.495 e. The van der Waals surface area contributed by atoms with Crippen LogP contribution in [0.25, 0.3) is 0 Å². The second-order valence-electron chi connectivity index (χ2n) is 7.89. The number of para-hydroxylation sites is 2. The zero-order valence-electron chi connectivity index (χ0n) is 20.0. The zero-order chi connectivity index (χ0) is 25.6. The molecule has 1 unspecified atom stereocenters. The summed E-state index contributed by atoms with van der Waals surface area (Å²) in [6, 6.07) is 19.3. The number of anilines is 1. The summed E-state index contributed by atoms with van der Waals surface area (Å²) in [6.45, 7) is 1.94. The summed E-state index contributed by atoms with van der Waals surface area (Å²) in [7, 11) is 0.299. The lowest BCUT2D eigenvalue weighted by Crippen LogP contribution is -2.30. The number of nitrogens with one attached hydrogen (secondary N) is 1. The Bertz CT molecular complexity index is 1290. The fraction of sp³-hybridized carbons (Fsp3) is 0.231. The second kappa shape index (κ2) is 11.1. The van der Waals surface area contributed by atoms with Crippen molar-refractivity contribution < 1.29 is 27.5 Å². The minimum atomic E-state index is -3.90. The van der Waals surface area contributed by atoms with Crippen LogP contribution in [0.3, 0.4) is 0 Å². The second-order valence-corrected chi connectivity index (χ2v) is 9.86. The fourth-order valence-corrected chi connectivity index (χ4v) is 4.70. The van der Waals surface area contributed by atoms with E-state index in [9.17, 15) is 18.0 Å². The molecule has 0 saturated carbocycles. The van der Waals surface area contributed by atoms with Crippen molar-refractivity contribution in [1.82, 2.24) is 5.32 Å². The van der Waals surface area contributed by atoms with Crippen molar-refractivity contribution in [3.05, 3.63) is 89.5 Å². The van der Waals surface area contributed by atoms with Gasteiger partial charge in [-0.25, -0.2) is 8.42 Å². The highest BCUT2D eigenvalue weighted by atomic mass is 32.2. The number of sulfonamides is 1. The van der Waals surface area contributed by atoms with Crippen molar-refractivity contribution in [1.29, 1.82) is 0 Å². The average Bonchev–Trinajstić information content (AvgIpc) is 2.88. The van der Waals surface area contributed by atoms with Gasteiger partial charge < -0.3 is 14.8 Å². The normalized spacial score (nSPS) is 11.9. The van der Waals surface area contributed by atoms with Crippen LogP contribution < -0.4 is 14.4 Å². The number of carbonyl (C=O) groups is 2. The van der Waals surface area contributed by atoms with Crippen LogP contribution >= 0.6 is 0 Å². The Morgan fingerprint density at radius 2 is 1.57 bits per heavy atom. The summed E-state index contributed by atoms with van der Waals surface area (Å²) in [5.74, 6) is -0.486. The predicted octanol–water partition coefficient (Wildman–Crippen LogP) is 3.86. The van der Waals surface area contributed by atoms with Gasteiger partial charge in [-0.15, -0.1) is 0 Å². The van der Waals surface area contributed by atoms with Crippen molar-refractivity contribution in [3.8, 4) is 5.75 Å². The van der Waals surface area contributed by atoms with E-state index in [2.05, 4.69) is 5.32 Å². The van der Waals surface area contributed by atoms with E-state index in [0.29, 0.717) is 11.4 Å². The molecule has 0 aliphatic carbocycles. The number of benzene rings is 3. The molecule has 3 aromatic rings. The minimum Gasteiger partial charge on any atom is -0.495 e. The van der Waals surface area contributed by atoms with E-state index in [1.807, 2.05) is 31.2 Å². The van der Waals surface area contributed by atoms with Gasteiger partial charge in [0.1, 0.15) is 5.75 Å². The molecule has 0 radical (unpaired) electrons. The number of esters is 1. The summed E-state index contributed by atoms with van der Waals surface area (Å²) in [4.78, 5) is 24.9. The minimum absolute atomic E-state index is 0.0205. The Labute approximate surface area is 205 Å². The standard InChI is InChI=1S/C26H28N2O6S/c1-18-9-11-19(12-10-18)22(17-25(29)34-4)27-26(30)20-13-15-21(16-14-20)35(31,32)28(2)23-7-5-6-8-24(23)33-3/h5-16,22H,17H2,1-4H3,(H,27,30). The van der Waals surface area contributed by atoms with Crippen LogP contribution in [0.15, 0.2) is 77.7 Å². The molecule has 0 bridgehead atoms. The third kappa shape index (κ3) is 5.99. The van der Waals surface area contributed by atoms with Gasteiger partial charge in [-0.05, 0) is 48.9 Å². The number of ether oxygens (including phenoxy) is 2. The quantitative estimate of drug-likeness (QED) is 0.452. The number of carbonyl (C=O) groups excluding carboxylic acids is 2. The zero-order valence-corrected chi connectivity index (χ0v) is 20.8. The number of hydrogen-bond donors (Lipinski definition) is 1.